The average Bonchev–Trinajstić information content (AvgIpc) is 2.92. The lowest BCUT2D eigenvalue weighted by Crippen LogP contribution is -2.42. The number of benzene rings is 2. The van der Waals surface area contributed by atoms with Crippen molar-refractivity contribution in [2.75, 3.05) is 11.9 Å². The second kappa shape index (κ2) is 7.72. The van der Waals surface area contributed by atoms with E-state index in [0.29, 0.717) is 16.5 Å². The highest BCUT2D eigenvalue weighted by Crippen LogP contribution is 2.31. The van der Waals surface area contributed by atoms with Crippen molar-refractivity contribution in [1.82, 2.24) is 10.2 Å². The molecule has 0 aliphatic carbocycles. The molecule has 0 radical (unpaired) electrons. The van der Waals surface area contributed by atoms with E-state index in [1.807, 2.05) is 38.2 Å². The zero-order chi connectivity index (χ0) is 23.1. The third kappa shape index (κ3) is 4.12. The average molecular weight is 433 g/mol. The van der Waals surface area contributed by atoms with Gasteiger partial charge in [-0.05, 0) is 35.6 Å². The summed E-state index contributed by atoms with van der Waals surface area (Å²) in [6, 6.07) is 7.90. The number of rotatable bonds is 4. The molecule has 9 heteroatoms. The van der Waals surface area contributed by atoms with E-state index in [1.165, 1.54) is 6.92 Å². The summed E-state index contributed by atoms with van der Waals surface area (Å²) in [6.45, 7) is 6.93. The van der Waals surface area contributed by atoms with Crippen molar-refractivity contribution in [3.8, 4) is 0 Å². The minimum Gasteiger partial charge on any atom is -0.322 e. The maximum absolute atomic E-state index is 13.8. The molecule has 31 heavy (non-hydrogen) atoms. The first-order valence-corrected chi connectivity index (χ1v) is 9.53. The van der Waals surface area contributed by atoms with E-state index in [4.69, 9.17) is 0 Å². The fourth-order valence-corrected chi connectivity index (χ4v) is 3.30. The monoisotopic (exact) mass is 433 g/mol. The van der Waals surface area contributed by atoms with Crippen LogP contribution in [0, 0.1) is 17.5 Å². The van der Waals surface area contributed by atoms with Gasteiger partial charge in [0.2, 0.25) is 5.91 Å². The quantitative estimate of drug-likeness (QED) is 0.569. The molecular formula is C22H22F3N3O3. The lowest BCUT2D eigenvalue weighted by Gasteiger charge is -2.24. The van der Waals surface area contributed by atoms with Crippen molar-refractivity contribution in [1.29, 1.82) is 0 Å². The van der Waals surface area contributed by atoms with Gasteiger partial charge in [0.1, 0.15) is 12.1 Å². The molecule has 0 saturated carbocycles. The molecule has 0 bridgehead atoms. The summed E-state index contributed by atoms with van der Waals surface area (Å²) in [6.07, 6.45) is 0. The molecular weight excluding hydrogens is 411 g/mol. The number of hydrogen-bond donors (Lipinski definition) is 2. The highest BCUT2D eigenvalue weighted by atomic mass is 19.2. The van der Waals surface area contributed by atoms with Crippen molar-refractivity contribution >= 4 is 23.5 Å². The maximum atomic E-state index is 13.8. The summed E-state index contributed by atoms with van der Waals surface area (Å²) in [7, 11) is 0. The van der Waals surface area contributed by atoms with Crippen LogP contribution in [-0.4, -0.2) is 29.3 Å². The number of urea groups is 1. The Bertz CT molecular complexity index is 1060. The zero-order valence-electron chi connectivity index (χ0n) is 17.5. The SMILES string of the molecule is CC(C)(C)c1ccc(C2(C)NC(=O)N(CC(=O)Nc3ccc(F)c(F)c3F)C2=O)cc1. The second-order valence-electron chi connectivity index (χ2n) is 8.54. The number of anilines is 1. The third-order valence-corrected chi connectivity index (χ3v) is 5.21. The number of carbonyl (C=O) groups is 3. The molecule has 1 fully saturated rings. The summed E-state index contributed by atoms with van der Waals surface area (Å²) in [5.41, 5.74) is -0.505. The van der Waals surface area contributed by atoms with Gasteiger partial charge in [-0.1, -0.05) is 45.0 Å². The van der Waals surface area contributed by atoms with E-state index >= 15 is 0 Å². The van der Waals surface area contributed by atoms with Gasteiger partial charge in [-0.3, -0.25) is 14.5 Å². The van der Waals surface area contributed by atoms with Gasteiger partial charge in [-0.15, -0.1) is 0 Å². The fourth-order valence-electron chi connectivity index (χ4n) is 3.30. The van der Waals surface area contributed by atoms with E-state index in [1.54, 1.807) is 12.1 Å². The maximum Gasteiger partial charge on any atom is 0.325 e. The predicted octanol–water partition coefficient (Wildman–Crippen LogP) is 3.81. The molecule has 0 aromatic heterocycles. The van der Waals surface area contributed by atoms with Gasteiger partial charge in [-0.25, -0.2) is 18.0 Å². The summed E-state index contributed by atoms with van der Waals surface area (Å²) >= 11 is 0. The molecule has 2 aromatic carbocycles. The minimum atomic E-state index is -1.74. The Morgan fingerprint density at radius 3 is 2.23 bits per heavy atom. The van der Waals surface area contributed by atoms with Gasteiger partial charge < -0.3 is 10.6 Å². The van der Waals surface area contributed by atoms with Crippen LogP contribution in [0.3, 0.4) is 0 Å². The lowest BCUT2D eigenvalue weighted by atomic mass is 9.84. The molecule has 1 saturated heterocycles. The molecule has 1 unspecified atom stereocenters. The molecule has 1 atom stereocenters. The Kier molecular flexibility index (Phi) is 5.56. The Balaban J connectivity index is 1.77. The zero-order valence-corrected chi connectivity index (χ0v) is 17.5. The van der Waals surface area contributed by atoms with Crippen LogP contribution in [0.5, 0.6) is 0 Å². The number of nitrogens with zero attached hydrogens (tertiary/aromatic N) is 1. The van der Waals surface area contributed by atoms with Crippen LogP contribution in [-0.2, 0) is 20.5 Å². The Morgan fingerprint density at radius 2 is 1.65 bits per heavy atom. The van der Waals surface area contributed by atoms with E-state index in [2.05, 4.69) is 5.32 Å². The molecule has 2 N–H and O–H groups in total. The largest absolute Gasteiger partial charge is 0.325 e. The normalized spacial score (nSPS) is 18.9. The first kappa shape index (κ1) is 22.3. The number of nitrogens with one attached hydrogen (secondary N) is 2. The van der Waals surface area contributed by atoms with Gasteiger partial charge >= 0.3 is 6.03 Å². The minimum absolute atomic E-state index is 0.0956. The van der Waals surface area contributed by atoms with Crippen molar-refractivity contribution in [2.45, 2.75) is 38.6 Å². The lowest BCUT2D eigenvalue weighted by molar-refractivity contribution is -0.133. The number of halogens is 3. The highest BCUT2D eigenvalue weighted by molar-refractivity contribution is 6.10. The first-order chi connectivity index (χ1) is 14.3. The van der Waals surface area contributed by atoms with Crippen LogP contribution in [0.1, 0.15) is 38.8 Å². The van der Waals surface area contributed by atoms with Crippen LogP contribution in [0.15, 0.2) is 36.4 Å². The van der Waals surface area contributed by atoms with Crippen molar-refractivity contribution in [2.24, 2.45) is 0 Å². The van der Waals surface area contributed by atoms with Crippen LogP contribution in [0.2, 0.25) is 0 Å². The fraction of sp³-hybridized carbons (Fsp3) is 0.318. The number of amides is 4. The molecule has 3 rings (SSSR count). The molecule has 1 aliphatic heterocycles. The second-order valence-corrected chi connectivity index (χ2v) is 8.54. The van der Waals surface area contributed by atoms with Gasteiger partial charge in [-0.2, -0.15) is 0 Å². The summed E-state index contributed by atoms with van der Waals surface area (Å²) in [4.78, 5) is 38.3. The van der Waals surface area contributed by atoms with Crippen LogP contribution < -0.4 is 10.6 Å². The molecule has 1 heterocycles. The predicted molar refractivity (Wildman–Crippen MR) is 108 cm³/mol. The van der Waals surface area contributed by atoms with Gasteiger partial charge in [0.05, 0.1) is 5.69 Å². The van der Waals surface area contributed by atoms with E-state index in [9.17, 15) is 27.6 Å². The summed E-state index contributed by atoms with van der Waals surface area (Å²) in [5, 5.41) is 4.62. The van der Waals surface area contributed by atoms with Crippen molar-refractivity contribution < 1.29 is 27.6 Å². The number of imide groups is 1. The van der Waals surface area contributed by atoms with Gasteiger partial charge in [0.25, 0.3) is 5.91 Å². The smallest absolute Gasteiger partial charge is 0.322 e. The molecule has 6 nitrogen and oxygen atoms in total. The summed E-state index contributed by atoms with van der Waals surface area (Å²) in [5.74, 6) is -6.33. The van der Waals surface area contributed by atoms with Crippen LogP contribution in [0.4, 0.5) is 23.7 Å². The number of hydrogen-bond acceptors (Lipinski definition) is 3. The first-order valence-electron chi connectivity index (χ1n) is 9.53. The summed E-state index contributed by atoms with van der Waals surface area (Å²) < 4.78 is 40.1. The Morgan fingerprint density at radius 1 is 1.03 bits per heavy atom. The van der Waals surface area contributed by atoms with E-state index in [-0.39, 0.29) is 5.41 Å². The Hall–Kier alpha value is -3.36. The third-order valence-electron chi connectivity index (χ3n) is 5.21. The molecule has 1 aliphatic rings. The molecule has 164 valence electrons. The number of carbonyl (C=O) groups excluding carboxylic acids is 3. The van der Waals surface area contributed by atoms with Crippen LogP contribution in [0.25, 0.3) is 0 Å². The van der Waals surface area contributed by atoms with E-state index < -0.39 is 53.1 Å². The molecule has 2 aromatic rings. The molecule has 0 spiro atoms. The van der Waals surface area contributed by atoms with E-state index in [0.717, 1.165) is 11.6 Å². The standard InChI is InChI=1S/C22H22F3N3O3/c1-21(2,3)12-5-7-13(8-6-12)22(4)19(30)28(20(31)27-22)11-16(29)26-15-10-9-14(23)17(24)18(15)25/h5-10H,11H2,1-4H3,(H,26,29)(H,27,31). The van der Waals surface area contributed by atoms with Crippen molar-refractivity contribution in [3.05, 3.63) is 65.0 Å². The topological polar surface area (TPSA) is 78.5 Å². The van der Waals surface area contributed by atoms with Crippen LogP contribution >= 0.6 is 0 Å². The van der Waals surface area contributed by atoms with Crippen molar-refractivity contribution in [3.63, 3.8) is 0 Å². The van der Waals surface area contributed by atoms with Gasteiger partial charge in [0, 0.05) is 0 Å². The van der Waals surface area contributed by atoms with Gasteiger partial charge in [0.15, 0.2) is 17.5 Å². The Labute approximate surface area is 177 Å². The highest BCUT2D eigenvalue weighted by Gasteiger charge is 2.49. The molecule has 4 amide bonds.